The average molecular weight is 484 g/mol. The van der Waals surface area contributed by atoms with Gasteiger partial charge in [0.1, 0.15) is 0 Å². The third kappa shape index (κ3) is 5.35. The van der Waals surface area contributed by atoms with E-state index in [1.54, 1.807) is 35.5 Å². The number of sulfone groups is 1. The molecule has 6 nitrogen and oxygen atoms in total. The van der Waals surface area contributed by atoms with Crippen molar-refractivity contribution < 1.29 is 13.2 Å². The summed E-state index contributed by atoms with van der Waals surface area (Å²) in [7, 11) is -3.33. The summed E-state index contributed by atoms with van der Waals surface area (Å²) in [6.45, 7) is 2.36. The molecule has 0 saturated heterocycles. The third-order valence-electron chi connectivity index (χ3n) is 4.76. The number of benzene rings is 2. The molecule has 0 aliphatic carbocycles. The molecule has 2 aromatic carbocycles. The lowest BCUT2D eigenvalue weighted by Gasteiger charge is -2.19. The lowest BCUT2D eigenvalue weighted by molar-refractivity contribution is -0.116. The molecule has 1 amide bonds. The van der Waals surface area contributed by atoms with Crippen molar-refractivity contribution in [2.45, 2.75) is 23.3 Å². The largest absolute Gasteiger partial charge is 0.283 e. The van der Waals surface area contributed by atoms with E-state index in [1.807, 2.05) is 43.3 Å². The predicted octanol–water partition coefficient (Wildman–Crippen LogP) is 4.73. The van der Waals surface area contributed by atoms with Crippen molar-refractivity contribution in [3.05, 3.63) is 78.1 Å². The molecule has 4 aromatic rings. The summed E-state index contributed by atoms with van der Waals surface area (Å²) in [6, 6.07) is 16.6. The highest BCUT2D eigenvalue weighted by Gasteiger charge is 2.21. The van der Waals surface area contributed by atoms with E-state index in [2.05, 4.69) is 9.97 Å². The molecule has 0 N–H and O–H groups in total. The molecule has 0 fully saturated rings. The van der Waals surface area contributed by atoms with Gasteiger partial charge in [-0.1, -0.05) is 35.1 Å². The number of fused-ring (bicyclic) bond motifs is 1. The normalized spacial score (nSPS) is 11.6. The van der Waals surface area contributed by atoms with E-state index in [4.69, 9.17) is 0 Å². The molecule has 0 aliphatic rings. The third-order valence-corrected chi connectivity index (χ3v) is 7.90. The molecule has 9 heteroatoms. The molecule has 0 spiro atoms. The van der Waals surface area contributed by atoms with Crippen LogP contribution >= 0.6 is 23.1 Å². The van der Waals surface area contributed by atoms with E-state index in [9.17, 15) is 13.2 Å². The Labute approximate surface area is 195 Å². The highest BCUT2D eigenvalue weighted by atomic mass is 32.2. The minimum absolute atomic E-state index is 0.0816. The second-order valence-corrected chi connectivity index (χ2v) is 11.4. The summed E-state index contributed by atoms with van der Waals surface area (Å²) in [4.78, 5) is 24.9. The van der Waals surface area contributed by atoms with Crippen LogP contribution in [0.5, 0.6) is 0 Å². The first-order chi connectivity index (χ1) is 15.3. The Hall–Kier alpha value is -2.75. The monoisotopic (exact) mass is 483 g/mol. The van der Waals surface area contributed by atoms with Crippen molar-refractivity contribution in [2.75, 3.05) is 16.9 Å². The first-order valence-corrected chi connectivity index (χ1v) is 13.5. The number of nitrogens with zero attached hydrogens (tertiary/aromatic N) is 3. The Morgan fingerprint density at radius 3 is 2.59 bits per heavy atom. The number of rotatable bonds is 7. The summed E-state index contributed by atoms with van der Waals surface area (Å²) in [5, 5.41) is 0.531. The smallest absolute Gasteiger partial charge is 0.239 e. The van der Waals surface area contributed by atoms with Gasteiger partial charge < -0.3 is 0 Å². The van der Waals surface area contributed by atoms with Crippen molar-refractivity contribution in [1.29, 1.82) is 0 Å². The molecule has 2 heterocycles. The number of thioether (sulfide) groups is 1. The maximum atomic E-state index is 13.2. The summed E-state index contributed by atoms with van der Waals surface area (Å²) < 4.78 is 24.6. The standard InChI is InChI=1S/C23H21N3O3S3/c1-16-5-7-18(8-6-16)30-15-22(27)26(14-17-4-3-11-24-13-17)23-25-20-10-9-19(32(2,28)29)12-21(20)31-23/h3-13H,14-15H2,1-2H3. The summed E-state index contributed by atoms with van der Waals surface area (Å²) in [5.74, 6) is 0.176. The van der Waals surface area contributed by atoms with Crippen LogP contribution in [-0.2, 0) is 21.2 Å². The molecule has 4 rings (SSSR count). The number of hydrogen-bond donors (Lipinski definition) is 0. The van der Waals surface area contributed by atoms with Gasteiger partial charge in [-0.05, 0) is 48.9 Å². The van der Waals surface area contributed by atoms with Crippen molar-refractivity contribution >= 4 is 54.2 Å². The van der Waals surface area contributed by atoms with E-state index in [-0.39, 0.29) is 16.6 Å². The van der Waals surface area contributed by atoms with Gasteiger partial charge in [-0.2, -0.15) is 0 Å². The van der Waals surface area contributed by atoms with Gasteiger partial charge in [0.05, 0.1) is 27.4 Å². The zero-order valence-corrected chi connectivity index (χ0v) is 20.0. The maximum absolute atomic E-state index is 13.2. The number of anilines is 1. The number of carbonyl (C=O) groups is 1. The molecule has 0 radical (unpaired) electrons. The molecule has 32 heavy (non-hydrogen) atoms. The second-order valence-electron chi connectivity index (χ2n) is 7.34. The zero-order chi connectivity index (χ0) is 22.7. The number of aryl methyl sites for hydroxylation is 1. The molecule has 0 bridgehead atoms. The number of thiazole rings is 1. The molecular weight excluding hydrogens is 462 g/mol. The highest BCUT2D eigenvalue weighted by molar-refractivity contribution is 8.00. The molecule has 0 atom stereocenters. The van der Waals surface area contributed by atoms with E-state index < -0.39 is 9.84 Å². The Morgan fingerprint density at radius 2 is 1.91 bits per heavy atom. The Kier molecular flexibility index (Phi) is 6.59. The van der Waals surface area contributed by atoms with Gasteiger partial charge in [0.2, 0.25) is 5.91 Å². The first kappa shape index (κ1) is 22.4. The van der Waals surface area contributed by atoms with Gasteiger partial charge in [0.15, 0.2) is 15.0 Å². The van der Waals surface area contributed by atoms with Crippen LogP contribution in [0.1, 0.15) is 11.1 Å². The van der Waals surface area contributed by atoms with Crippen molar-refractivity contribution in [3.63, 3.8) is 0 Å². The fourth-order valence-corrected chi connectivity index (χ4v) is 5.55. The number of amides is 1. The molecule has 0 saturated carbocycles. The van der Waals surface area contributed by atoms with Gasteiger partial charge in [-0.3, -0.25) is 14.7 Å². The lowest BCUT2D eigenvalue weighted by Crippen LogP contribution is -2.31. The van der Waals surface area contributed by atoms with Gasteiger partial charge in [0.25, 0.3) is 0 Å². The fraction of sp³-hybridized carbons (Fsp3) is 0.174. The minimum atomic E-state index is -3.33. The van der Waals surface area contributed by atoms with E-state index >= 15 is 0 Å². The van der Waals surface area contributed by atoms with Gasteiger partial charge in [-0.15, -0.1) is 11.8 Å². The number of pyridine rings is 1. The van der Waals surface area contributed by atoms with Crippen molar-refractivity contribution in [2.24, 2.45) is 0 Å². The van der Waals surface area contributed by atoms with Crippen LogP contribution in [-0.4, -0.2) is 36.3 Å². The van der Waals surface area contributed by atoms with Crippen LogP contribution < -0.4 is 4.90 Å². The van der Waals surface area contributed by atoms with Crippen LogP contribution in [0.15, 0.2) is 76.8 Å². The average Bonchev–Trinajstić information content (AvgIpc) is 3.20. The van der Waals surface area contributed by atoms with Gasteiger partial charge >= 0.3 is 0 Å². The molecule has 164 valence electrons. The van der Waals surface area contributed by atoms with Crippen LogP contribution in [0, 0.1) is 6.92 Å². The van der Waals surface area contributed by atoms with Crippen LogP contribution in [0.25, 0.3) is 10.2 Å². The van der Waals surface area contributed by atoms with E-state index in [0.717, 1.165) is 15.2 Å². The fourth-order valence-electron chi connectivity index (χ4n) is 3.03. The number of carbonyl (C=O) groups excluding carboxylic acids is 1. The summed E-state index contributed by atoms with van der Waals surface area (Å²) in [6.07, 6.45) is 4.59. The molecule has 2 aromatic heterocycles. The van der Waals surface area contributed by atoms with Crippen LogP contribution in [0.2, 0.25) is 0 Å². The SMILES string of the molecule is Cc1ccc(SCC(=O)N(Cc2cccnc2)c2nc3ccc(S(C)(=O)=O)cc3s2)cc1. The van der Waals surface area contributed by atoms with E-state index in [0.29, 0.717) is 17.2 Å². The molecule has 0 unspecified atom stereocenters. The lowest BCUT2D eigenvalue weighted by atomic mass is 10.2. The van der Waals surface area contributed by atoms with Crippen LogP contribution in [0.4, 0.5) is 5.13 Å². The van der Waals surface area contributed by atoms with Gasteiger partial charge in [-0.25, -0.2) is 13.4 Å². The first-order valence-electron chi connectivity index (χ1n) is 9.79. The Morgan fingerprint density at radius 1 is 1.12 bits per heavy atom. The molecule has 0 aliphatic heterocycles. The van der Waals surface area contributed by atoms with Gasteiger partial charge in [0, 0.05) is 23.5 Å². The van der Waals surface area contributed by atoms with Crippen molar-refractivity contribution in [1.82, 2.24) is 9.97 Å². The summed E-state index contributed by atoms with van der Waals surface area (Å²) >= 11 is 2.78. The van der Waals surface area contributed by atoms with Crippen LogP contribution in [0.3, 0.4) is 0 Å². The zero-order valence-electron chi connectivity index (χ0n) is 17.6. The predicted molar refractivity (Wildman–Crippen MR) is 130 cm³/mol. The Bertz CT molecular complexity index is 1350. The van der Waals surface area contributed by atoms with E-state index in [1.165, 1.54) is 34.9 Å². The maximum Gasteiger partial charge on any atom is 0.239 e. The summed E-state index contributed by atoms with van der Waals surface area (Å²) in [5.41, 5.74) is 2.71. The Balaban J connectivity index is 1.64. The second kappa shape index (κ2) is 9.40. The van der Waals surface area contributed by atoms with Crippen molar-refractivity contribution in [3.8, 4) is 0 Å². The minimum Gasteiger partial charge on any atom is -0.283 e. The highest BCUT2D eigenvalue weighted by Crippen LogP contribution is 2.32. The quantitative estimate of drug-likeness (QED) is 0.354. The number of aromatic nitrogens is 2. The molecular formula is C23H21N3O3S3. The number of hydrogen-bond acceptors (Lipinski definition) is 7. The topological polar surface area (TPSA) is 80.2 Å².